The van der Waals surface area contributed by atoms with Gasteiger partial charge in [-0.05, 0) is 18.8 Å². The summed E-state index contributed by atoms with van der Waals surface area (Å²) >= 11 is 0. The van der Waals surface area contributed by atoms with Crippen molar-refractivity contribution in [2.45, 2.75) is 85.6 Å². The molecule has 2 N–H and O–H groups in total. The van der Waals surface area contributed by atoms with E-state index in [4.69, 9.17) is 5.73 Å². The van der Waals surface area contributed by atoms with Crippen molar-refractivity contribution in [3.63, 3.8) is 0 Å². The molecule has 1 fully saturated rings. The zero-order valence-corrected chi connectivity index (χ0v) is 12.6. The number of rotatable bonds is 3. The Balaban J connectivity index is 0. The van der Waals surface area contributed by atoms with Crippen molar-refractivity contribution < 1.29 is 4.79 Å². The zero-order chi connectivity index (χ0) is 13.7. The minimum Gasteiger partial charge on any atom is -0.321 e. The van der Waals surface area contributed by atoms with Crippen LogP contribution in [0.2, 0.25) is 0 Å². The van der Waals surface area contributed by atoms with Crippen molar-refractivity contribution in [3.8, 4) is 0 Å². The van der Waals surface area contributed by atoms with E-state index in [1.165, 1.54) is 25.7 Å². The van der Waals surface area contributed by atoms with Crippen molar-refractivity contribution in [3.05, 3.63) is 0 Å². The molecule has 0 aromatic carbocycles. The molecular formula is C15H33NO. The molecule has 0 heterocycles. The summed E-state index contributed by atoms with van der Waals surface area (Å²) in [5.41, 5.74) is 5.85. The van der Waals surface area contributed by atoms with Crippen LogP contribution in [0, 0.1) is 5.92 Å². The predicted molar refractivity (Wildman–Crippen MR) is 77.2 cm³/mol. The van der Waals surface area contributed by atoms with E-state index in [0.717, 1.165) is 12.8 Å². The van der Waals surface area contributed by atoms with E-state index in [0.29, 0.717) is 12.3 Å². The highest BCUT2D eigenvalue weighted by atomic mass is 16.1. The average molecular weight is 243 g/mol. The van der Waals surface area contributed by atoms with E-state index in [1.807, 2.05) is 20.8 Å². The monoisotopic (exact) mass is 243 g/mol. The Morgan fingerprint density at radius 1 is 1.12 bits per heavy atom. The highest BCUT2D eigenvalue weighted by Gasteiger charge is 2.24. The molecule has 0 amide bonds. The molecule has 104 valence electrons. The van der Waals surface area contributed by atoms with Crippen LogP contribution >= 0.6 is 0 Å². The van der Waals surface area contributed by atoms with Crippen LogP contribution in [0.3, 0.4) is 0 Å². The second-order valence-electron chi connectivity index (χ2n) is 4.45. The highest BCUT2D eigenvalue weighted by Crippen LogP contribution is 2.26. The minimum absolute atomic E-state index is 0.171. The number of nitrogens with two attached hydrogens (primary N) is 1. The van der Waals surface area contributed by atoms with Crippen molar-refractivity contribution in [1.29, 1.82) is 0 Å². The zero-order valence-electron chi connectivity index (χ0n) is 12.6. The molecule has 1 rings (SSSR count). The maximum atomic E-state index is 11.3. The largest absolute Gasteiger partial charge is 0.321 e. The molecule has 1 aliphatic rings. The molecule has 1 saturated carbocycles. The Morgan fingerprint density at radius 2 is 1.53 bits per heavy atom. The van der Waals surface area contributed by atoms with Gasteiger partial charge in [0.2, 0.25) is 0 Å². The number of carbonyl (C=O) groups is 1. The number of hydrogen-bond acceptors (Lipinski definition) is 2. The molecule has 0 spiro atoms. The molecule has 2 heteroatoms. The first-order valence-electron chi connectivity index (χ1n) is 7.45. The lowest BCUT2D eigenvalue weighted by Gasteiger charge is -2.26. The summed E-state index contributed by atoms with van der Waals surface area (Å²) in [6, 6.07) is -0.171. The second-order valence-corrected chi connectivity index (χ2v) is 4.45. The summed E-state index contributed by atoms with van der Waals surface area (Å²) in [5.74, 6) is 0.716. The third-order valence-electron chi connectivity index (χ3n) is 2.88. The molecule has 0 aromatic heterocycles. The first-order valence-corrected chi connectivity index (χ1v) is 7.45. The van der Waals surface area contributed by atoms with Crippen LogP contribution in [0.1, 0.15) is 79.6 Å². The Labute approximate surface area is 108 Å². The molecule has 0 bridgehead atoms. The highest BCUT2D eigenvalue weighted by molar-refractivity contribution is 5.83. The number of hydrogen-bond donors (Lipinski definition) is 1. The van der Waals surface area contributed by atoms with Crippen molar-refractivity contribution in [2.24, 2.45) is 11.7 Å². The number of carbonyl (C=O) groups excluding carboxylic acids is 1. The molecule has 17 heavy (non-hydrogen) atoms. The van der Waals surface area contributed by atoms with Gasteiger partial charge in [-0.15, -0.1) is 0 Å². The fourth-order valence-electron chi connectivity index (χ4n) is 1.99. The molecule has 1 atom stereocenters. The average Bonchev–Trinajstić information content (AvgIpc) is 2.41. The molecule has 0 aliphatic heterocycles. The lowest BCUT2D eigenvalue weighted by atomic mass is 9.82. The smallest absolute Gasteiger partial charge is 0.149 e. The van der Waals surface area contributed by atoms with Crippen molar-refractivity contribution in [2.75, 3.05) is 0 Å². The summed E-state index contributed by atoms with van der Waals surface area (Å²) in [5, 5.41) is 0. The van der Waals surface area contributed by atoms with Crippen LogP contribution in [0.15, 0.2) is 0 Å². The molecule has 0 aromatic rings. The van der Waals surface area contributed by atoms with Gasteiger partial charge in [0.05, 0.1) is 6.04 Å². The van der Waals surface area contributed by atoms with E-state index < -0.39 is 0 Å². The maximum Gasteiger partial charge on any atom is 0.149 e. The number of Topliss-reactive ketones (excluding diaryl/α,β-unsaturated/α-hetero) is 1. The summed E-state index contributed by atoms with van der Waals surface area (Å²) < 4.78 is 0. The SMILES string of the molecule is CC.CCC.CCC(=O)C(N)C1CCCCC1. The molecule has 1 unspecified atom stereocenters. The standard InChI is InChI=1S/C10H19NO.C3H8.C2H6/c1-2-9(12)10(11)8-6-4-3-5-7-8;1-3-2;1-2/h8,10H,2-7,11H2,1H3;3H2,1-2H3;1-2H3. The Hall–Kier alpha value is -0.370. The van der Waals surface area contributed by atoms with Gasteiger partial charge in [0.1, 0.15) is 5.78 Å². The van der Waals surface area contributed by atoms with Crippen LogP contribution in [0.5, 0.6) is 0 Å². The first-order chi connectivity index (χ1) is 8.17. The van der Waals surface area contributed by atoms with Gasteiger partial charge in [-0.3, -0.25) is 4.79 Å². The van der Waals surface area contributed by atoms with Crippen molar-refractivity contribution >= 4 is 5.78 Å². The summed E-state index contributed by atoms with van der Waals surface area (Å²) in [4.78, 5) is 11.3. The van der Waals surface area contributed by atoms with Crippen LogP contribution in [-0.2, 0) is 4.79 Å². The van der Waals surface area contributed by atoms with Gasteiger partial charge in [-0.2, -0.15) is 0 Å². The number of ketones is 1. The Bertz CT molecular complexity index is 162. The molecule has 0 saturated heterocycles. The summed E-state index contributed by atoms with van der Waals surface area (Å²) in [6.45, 7) is 10.1. The molecule has 0 radical (unpaired) electrons. The third kappa shape index (κ3) is 9.34. The van der Waals surface area contributed by atoms with E-state index in [2.05, 4.69) is 13.8 Å². The molecule has 2 nitrogen and oxygen atoms in total. The van der Waals surface area contributed by atoms with Crippen LogP contribution < -0.4 is 5.73 Å². The lowest BCUT2D eigenvalue weighted by Crippen LogP contribution is -2.38. The second kappa shape index (κ2) is 13.7. The van der Waals surface area contributed by atoms with Gasteiger partial charge in [0, 0.05) is 6.42 Å². The van der Waals surface area contributed by atoms with Gasteiger partial charge in [0.15, 0.2) is 0 Å². The lowest BCUT2D eigenvalue weighted by molar-refractivity contribution is -0.121. The van der Waals surface area contributed by atoms with Gasteiger partial charge >= 0.3 is 0 Å². The van der Waals surface area contributed by atoms with Gasteiger partial charge in [-0.1, -0.05) is 60.3 Å². The van der Waals surface area contributed by atoms with Gasteiger partial charge in [-0.25, -0.2) is 0 Å². The van der Waals surface area contributed by atoms with Crippen LogP contribution in [0.25, 0.3) is 0 Å². The van der Waals surface area contributed by atoms with E-state index in [1.54, 1.807) is 0 Å². The summed E-state index contributed by atoms with van der Waals surface area (Å²) in [7, 11) is 0. The molecular weight excluding hydrogens is 210 g/mol. The van der Waals surface area contributed by atoms with E-state index >= 15 is 0 Å². The van der Waals surface area contributed by atoms with E-state index in [9.17, 15) is 4.79 Å². The maximum absolute atomic E-state index is 11.3. The fraction of sp³-hybridized carbons (Fsp3) is 0.933. The minimum atomic E-state index is -0.171. The quantitative estimate of drug-likeness (QED) is 0.802. The molecule has 1 aliphatic carbocycles. The van der Waals surface area contributed by atoms with E-state index in [-0.39, 0.29) is 11.8 Å². The van der Waals surface area contributed by atoms with Gasteiger partial charge in [0.25, 0.3) is 0 Å². The normalized spacial score (nSPS) is 17.1. The predicted octanol–water partition coefficient (Wildman–Crippen LogP) is 4.32. The summed E-state index contributed by atoms with van der Waals surface area (Å²) in [6.07, 6.45) is 8.01. The third-order valence-corrected chi connectivity index (χ3v) is 2.88. The van der Waals surface area contributed by atoms with Crippen LogP contribution in [-0.4, -0.2) is 11.8 Å². The van der Waals surface area contributed by atoms with Gasteiger partial charge < -0.3 is 5.73 Å². The van der Waals surface area contributed by atoms with Crippen molar-refractivity contribution in [1.82, 2.24) is 0 Å². The van der Waals surface area contributed by atoms with Crippen LogP contribution in [0.4, 0.5) is 0 Å². The topological polar surface area (TPSA) is 43.1 Å². The Morgan fingerprint density at radius 3 is 1.88 bits per heavy atom. The Kier molecular flexibility index (Phi) is 15.3. The first kappa shape index (κ1) is 19.0. The fourth-order valence-corrected chi connectivity index (χ4v) is 1.99.